The molecule has 0 bridgehead atoms. The molecule has 1 heterocycles. The Balaban J connectivity index is 1.85. The lowest BCUT2D eigenvalue weighted by atomic mass is 10.1. The van der Waals surface area contributed by atoms with Crippen LogP contribution in [0.3, 0.4) is 0 Å². The zero-order valence-electron chi connectivity index (χ0n) is 10.3. The molecule has 0 aliphatic carbocycles. The summed E-state index contributed by atoms with van der Waals surface area (Å²) in [5.74, 6) is 0. The van der Waals surface area contributed by atoms with Crippen LogP contribution < -0.4 is 0 Å². The van der Waals surface area contributed by atoms with Gasteiger partial charge in [-0.15, -0.1) is 0 Å². The summed E-state index contributed by atoms with van der Waals surface area (Å²) in [6, 6.07) is 9.07. The minimum absolute atomic E-state index is 0.0778. The van der Waals surface area contributed by atoms with Crippen LogP contribution in [0, 0.1) is 0 Å². The highest BCUT2D eigenvalue weighted by Gasteiger charge is 2.46. The largest absolute Gasteiger partial charge is 0.445 e. The third kappa shape index (κ3) is 3.20. The summed E-state index contributed by atoms with van der Waals surface area (Å²) >= 11 is 0. The van der Waals surface area contributed by atoms with Crippen LogP contribution in [-0.2, 0) is 11.3 Å². The van der Waals surface area contributed by atoms with Gasteiger partial charge in [-0.2, -0.15) is 0 Å². The smallest absolute Gasteiger partial charge is 0.410 e. The van der Waals surface area contributed by atoms with E-state index in [1.807, 2.05) is 18.2 Å². The summed E-state index contributed by atoms with van der Waals surface area (Å²) in [7, 11) is 0. The SMILES string of the molecule is O=C(OCc1ccccc1)N1CCC(O)(C(F)F)C1. The minimum atomic E-state index is -2.86. The molecule has 104 valence electrons. The fourth-order valence-electron chi connectivity index (χ4n) is 1.96. The molecular weight excluding hydrogens is 256 g/mol. The van der Waals surface area contributed by atoms with Crippen molar-refractivity contribution in [2.45, 2.75) is 25.1 Å². The first-order valence-corrected chi connectivity index (χ1v) is 5.97. The van der Waals surface area contributed by atoms with E-state index in [1.54, 1.807) is 12.1 Å². The highest BCUT2D eigenvalue weighted by Crippen LogP contribution is 2.28. The van der Waals surface area contributed by atoms with Crippen LogP contribution in [0.5, 0.6) is 0 Å². The maximum atomic E-state index is 12.6. The number of benzene rings is 1. The van der Waals surface area contributed by atoms with E-state index in [0.29, 0.717) is 0 Å². The summed E-state index contributed by atoms with van der Waals surface area (Å²) < 4.78 is 30.2. The van der Waals surface area contributed by atoms with Gasteiger partial charge in [0.2, 0.25) is 0 Å². The van der Waals surface area contributed by atoms with Crippen molar-refractivity contribution >= 4 is 6.09 Å². The van der Waals surface area contributed by atoms with Crippen molar-refractivity contribution in [1.29, 1.82) is 0 Å². The van der Waals surface area contributed by atoms with Gasteiger partial charge in [0.15, 0.2) is 0 Å². The maximum Gasteiger partial charge on any atom is 0.410 e. The lowest BCUT2D eigenvalue weighted by molar-refractivity contribution is -0.0862. The first-order valence-electron chi connectivity index (χ1n) is 5.97. The van der Waals surface area contributed by atoms with Crippen molar-refractivity contribution in [3.05, 3.63) is 35.9 Å². The Morgan fingerprint density at radius 3 is 2.68 bits per heavy atom. The van der Waals surface area contributed by atoms with Crippen LogP contribution in [-0.4, -0.2) is 41.2 Å². The number of hydrogen-bond donors (Lipinski definition) is 1. The van der Waals surface area contributed by atoms with Gasteiger partial charge < -0.3 is 14.7 Å². The van der Waals surface area contributed by atoms with Gasteiger partial charge in [-0.1, -0.05) is 30.3 Å². The molecule has 1 aliphatic rings. The molecule has 2 rings (SSSR count). The lowest BCUT2D eigenvalue weighted by Crippen LogP contribution is -2.41. The molecule has 4 nitrogen and oxygen atoms in total. The van der Waals surface area contributed by atoms with E-state index in [2.05, 4.69) is 0 Å². The van der Waals surface area contributed by atoms with E-state index < -0.39 is 24.7 Å². The Hall–Kier alpha value is -1.69. The highest BCUT2D eigenvalue weighted by atomic mass is 19.3. The van der Waals surface area contributed by atoms with Crippen molar-refractivity contribution in [2.75, 3.05) is 13.1 Å². The summed E-state index contributed by atoms with van der Waals surface area (Å²) in [4.78, 5) is 12.8. The summed E-state index contributed by atoms with van der Waals surface area (Å²) in [5.41, 5.74) is -1.29. The van der Waals surface area contributed by atoms with Gasteiger partial charge in [-0.3, -0.25) is 0 Å². The molecule has 0 saturated carbocycles. The number of likely N-dealkylation sites (tertiary alicyclic amines) is 1. The molecule has 1 aromatic rings. The van der Waals surface area contributed by atoms with Gasteiger partial charge in [-0.25, -0.2) is 13.6 Å². The third-order valence-corrected chi connectivity index (χ3v) is 3.15. The highest BCUT2D eigenvalue weighted by molar-refractivity contribution is 5.68. The molecule has 0 radical (unpaired) electrons. The predicted octanol–water partition coefficient (Wildman–Crippen LogP) is 2.03. The van der Waals surface area contributed by atoms with Gasteiger partial charge in [0.05, 0.1) is 6.54 Å². The quantitative estimate of drug-likeness (QED) is 0.915. The topological polar surface area (TPSA) is 49.8 Å². The fraction of sp³-hybridized carbons (Fsp3) is 0.462. The second-order valence-electron chi connectivity index (χ2n) is 4.62. The van der Waals surface area contributed by atoms with Crippen molar-refractivity contribution in [3.8, 4) is 0 Å². The molecule has 0 spiro atoms. The van der Waals surface area contributed by atoms with E-state index in [9.17, 15) is 18.7 Å². The normalized spacial score (nSPS) is 22.8. The third-order valence-electron chi connectivity index (χ3n) is 3.15. The van der Waals surface area contributed by atoms with Crippen LogP contribution >= 0.6 is 0 Å². The van der Waals surface area contributed by atoms with Crippen molar-refractivity contribution < 1.29 is 23.4 Å². The number of carbonyl (C=O) groups is 1. The number of ether oxygens (including phenoxy) is 1. The zero-order chi connectivity index (χ0) is 13.9. The maximum absolute atomic E-state index is 12.6. The lowest BCUT2D eigenvalue weighted by Gasteiger charge is -2.22. The number of alkyl halides is 2. The number of halogens is 2. The summed E-state index contributed by atoms with van der Waals surface area (Å²) in [5, 5.41) is 9.57. The molecule has 1 unspecified atom stereocenters. The number of β-amino-alcohol motifs (C(OH)–C–C–N with tert-alkyl or cyclic N) is 1. The van der Waals surface area contributed by atoms with Crippen LogP contribution in [0.4, 0.5) is 13.6 Å². The van der Waals surface area contributed by atoms with E-state index in [-0.39, 0.29) is 19.6 Å². The first kappa shape index (κ1) is 13.7. The Labute approximate surface area is 109 Å². The standard InChI is InChI=1S/C13H15F2NO3/c14-11(15)13(18)6-7-16(9-13)12(17)19-8-10-4-2-1-3-5-10/h1-5,11,18H,6-9H2. The molecule has 1 fully saturated rings. The molecule has 1 N–H and O–H groups in total. The second kappa shape index (κ2) is 5.52. The molecule has 6 heteroatoms. The van der Waals surface area contributed by atoms with Gasteiger partial charge in [-0.05, 0) is 5.56 Å². The predicted molar refractivity (Wildman–Crippen MR) is 63.8 cm³/mol. The molecule has 1 atom stereocenters. The van der Waals surface area contributed by atoms with Crippen LogP contribution in [0.15, 0.2) is 30.3 Å². The number of carbonyl (C=O) groups excluding carboxylic acids is 1. The number of aliphatic hydroxyl groups is 1. The Bertz CT molecular complexity index is 441. The van der Waals surface area contributed by atoms with Gasteiger partial charge in [0, 0.05) is 13.0 Å². The molecule has 1 aliphatic heterocycles. The molecule has 19 heavy (non-hydrogen) atoms. The van der Waals surface area contributed by atoms with E-state index in [4.69, 9.17) is 4.74 Å². The Morgan fingerprint density at radius 2 is 2.11 bits per heavy atom. The molecule has 1 amide bonds. The number of amides is 1. The molecule has 1 saturated heterocycles. The van der Waals surface area contributed by atoms with Crippen molar-refractivity contribution in [3.63, 3.8) is 0 Å². The van der Waals surface area contributed by atoms with Crippen LogP contribution in [0.1, 0.15) is 12.0 Å². The van der Waals surface area contributed by atoms with Crippen LogP contribution in [0.2, 0.25) is 0 Å². The monoisotopic (exact) mass is 271 g/mol. The number of rotatable bonds is 3. The van der Waals surface area contributed by atoms with Gasteiger partial charge in [0.25, 0.3) is 6.43 Å². The van der Waals surface area contributed by atoms with Crippen molar-refractivity contribution in [2.24, 2.45) is 0 Å². The Morgan fingerprint density at radius 1 is 1.42 bits per heavy atom. The first-order chi connectivity index (χ1) is 9.01. The minimum Gasteiger partial charge on any atom is -0.445 e. The van der Waals surface area contributed by atoms with E-state index in [1.165, 1.54) is 0 Å². The van der Waals surface area contributed by atoms with Gasteiger partial charge in [0.1, 0.15) is 12.2 Å². The van der Waals surface area contributed by atoms with Gasteiger partial charge >= 0.3 is 6.09 Å². The second-order valence-corrected chi connectivity index (χ2v) is 4.62. The summed E-state index contributed by atoms with van der Waals surface area (Å²) in [6.07, 6.45) is -3.68. The summed E-state index contributed by atoms with van der Waals surface area (Å²) in [6.45, 7) is -0.226. The average molecular weight is 271 g/mol. The van der Waals surface area contributed by atoms with Crippen LogP contribution in [0.25, 0.3) is 0 Å². The number of nitrogens with zero attached hydrogens (tertiary/aromatic N) is 1. The molecule has 1 aromatic carbocycles. The molecular formula is C13H15F2NO3. The zero-order valence-corrected chi connectivity index (χ0v) is 10.3. The molecule has 0 aromatic heterocycles. The number of hydrogen-bond acceptors (Lipinski definition) is 3. The fourth-order valence-corrected chi connectivity index (χ4v) is 1.96. The van der Waals surface area contributed by atoms with E-state index in [0.717, 1.165) is 10.5 Å². The van der Waals surface area contributed by atoms with E-state index >= 15 is 0 Å². The van der Waals surface area contributed by atoms with Crippen molar-refractivity contribution in [1.82, 2.24) is 4.90 Å². The Kier molecular flexibility index (Phi) is 3.99. The average Bonchev–Trinajstić information content (AvgIpc) is 2.81.